The molecule has 0 atom stereocenters. The van der Waals surface area contributed by atoms with Crippen molar-refractivity contribution in [2.75, 3.05) is 0 Å². The molecule has 0 radical (unpaired) electrons. The van der Waals surface area contributed by atoms with Gasteiger partial charge in [-0.25, -0.2) is 4.79 Å². The van der Waals surface area contributed by atoms with Crippen molar-refractivity contribution in [1.29, 1.82) is 0 Å². The van der Waals surface area contributed by atoms with Crippen molar-refractivity contribution in [3.63, 3.8) is 0 Å². The molecular formula is C15H14O2S. The van der Waals surface area contributed by atoms with Crippen molar-refractivity contribution < 1.29 is 9.90 Å². The molecule has 0 aliphatic heterocycles. The van der Waals surface area contributed by atoms with E-state index >= 15 is 0 Å². The first-order valence-electron chi connectivity index (χ1n) is 5.65. The van der Waals surface area contributed by atoms with Crippen LogP contribution in [0.3, 0.4) is 0 Å². The van der Waals surface area contributed by atoms with E-state index in [9.17, 15) is 4.79 Å². The second-order valence-corrected chi connectivity index (χ2v) is 5.30. The quantitative estimate of drug-likeness (QED) is 0.894. The predicted molar refractivity (Wildman–Crippen MR) is 76.1 cm³/mol. The fourth-order valence-corrected chi connectivity index (χ4v) is 2.35. The summed E-state index contributed by atoms with van der Waals surface area (Å²) in [6.07, 6.45) is 3.95. The molecule has 0 saturated heterocycles. The highest BCUT2D eigenvalue weighted by Crippen LogP contribution is 2.19. The standard InChI is InChI=1S/C15H14O2S/c1-10-3-4-12(9-11(10)2)5-6-13-7-8-14(18-13)15(16)17/h3-9H,1-2H3,(H,16,17)/b6-5+. The SMILES string of the molecule is Cc1ccc(/C=C/c2ccc(C(=O)O)s2)cc1C. The largest absolute Gasteiger partial charge is 0.477 e. The molecule has 3 heteroatoms. The average Bonchev–Trinajstić information content (AvgIpc) is 2.79. The van der Waals surface area contributed by atoms with Crippen LogP contribution in [0.15, 0.2) is 30.3 Å². The van der Waals surface area contributed by atoms with Crippen LogP contribution in [-0.2, 0) is 0 Å². The van der Waals surface area contributed by atoms with Crippen molar-refractivity contribution in [1.82, 2.24) is 0 Å². The second-order valence-electron chi connectivity index (χ2n) is 4.18. The van der Waals surface area contributed by atoms with Gasteiger partial charge >= 0.3 is 5.97 Å². The topological polar surface area (TPSA) is 37.3 Å². The highest BCUT2D eigenvalue weighted by Gasteiger charge is 2.04. The lowest BCUT2D eigenvalue weighted by Crippen LogP contribution is -1.89. The molecule has 1 aromatic heterocycles. The summed E-state index contributed by atoms with van der Waals surface area (Å²) in [6, 6.07) is 9.73. The Bertz CT molecular complexity index is 609. The van der Waals surface area contributed by atoms with E-state index in [1.54, 1.807) is 6.07 Å². The Morgan fingerprint density at radius 3 is 2.50 bits per heavy atom. The lowest BCUT2D eigenvalue weighted by Gasteiger charge is -2.00. The van der Waals surface area contributed by atoms with Crippen molar-refractivity contribution in [2.24, 2.45) is 0 Å². The lowest BCUT2D eigenvalue weighted by molar-refractivity contribution is 0.0702. The van der Waals surface area contributed by atoms with Gasteiger partial charge in [-0.1, -0.05) is 24.3 Å². The van der Waals surface area contributed by atoms with Crippen LogP contribution >= 0.6 is 11.3 Å². The predicted octanol–water partition coefficient (Wildman–Crippen LogP) is 4.23. The molecule has 2 nitrogen and oxygen atoms in total. The van der Waals surface area contributed by atoms with Crippen LogP contribution in [0, 0.1) is 13.8 Å². The Kier molecular flexibility index (Phi) is 3.63. The maximum atomic E-state index is 10.8. The molecule has 18 heavy (non-hydrogen) atoms. The molecular weight excluding hydrogens is 244 g/mol. The minimum Gasteiger partial charge on any atom is -0.477 e. The molecule has 2 aromatic rings. The third kappa shape index (κ3) is 2.87. The van der Waals surface area contributed by atoms with Crippen molar-refractivity contribution in [3.8, 4) is 0 Å². The number of hydrogen-bond acceptors (Lipinski definition) is 2. The highest BCUT2D eigenvalue weighted by molar-refractivity contribution is 7.14. The molecule has 0 aliphatic carbocycles. The van der Waals surface area contributed by atoms with Gasteiger partial charge in [0.1, 0.15) is 4.88 Å². The molecule has 0 amide bonds. The monoisotopic (exact) mass is 258 g/mol. The van der Waals surface area contributed by atoms with Gasteiger partial charge in [-0.05, 0) is 48.7 Å². The first-order chi connectivity index (χ1) is 8.56. The third-order valence-electron chi connectivity index (χ3n) is 2.81. The zero-order valence-corrected chi connectivity index (χ0v) is 11.1. The van der Waals surface area contributed by atoms with Gasteiger partial charge in [0.25, 0.3) is 0 Å². The van der Waals surface area contributed by atoms with Crippen LogP contribution in [0.25, 0.3) is 12.2 Å². The van der Waals surface area contributed by atoms with E-state index in [2.05, 4.69) is 32.0 Å². The van der Waals surface area contributed by atoms with Crippen LogP contribution in [0.1, 0.15) is 31.2 Å². The molecule has 0 bridgehead atoms. The van der Waals surface area contributed by atoms with Gasteiger partial charge < -0.3 is 5.11 Å². The minimum absolute atomic E-state index is 0.370. The Hall–Kier alpha value is -1.87. The molecule has 0 spiro atoms. The van der Waals surface area contributed by atoms with Gasteiger partial charge in [-0.15, -0.1) is 11.3 Å². The summed E-state index contributed by atoms with van der Waals surface area (Å²) >= 11 is 1.28. The van der Waals surface area contributed by atoms with E-state index in [4.69, 9.17) is 5.11 Å². The molecule has 0 unspecified atom stereocenters. The van der Waals surface area contributed by atoms with E-state index in [1.807, 2.05) is 18.2 Å². The summed E-state index contributed by atoms with van der Waals surface area (Å²) in [5, 5.41) is 8.84. The highest BCUT2D eigenvalue weighted by atomic mass is 32.1. The minimum atomic E-state index is -0.870. The number of carbonyl (C=O) groups is 1. The Morgan fingerprint density at radius 1 is 1.11 bits per heavy atom. The molecule has 1 N–H and O–H groups in total. The van der Waals surface area contributed by atoms with E-state index in [-0.39, 0.29) is 0 Å². The number of hydrogen-bond donors (Lipinski definition) is 1. The van der Waals surface area contributed by atoms with Crippen molar-refractivity contribution in [2.45, 2.75) is 13.8 Å². The molecule has 1 aromatic carbocycles. The van der Waals surface area contributed by atoms with E-state index < -0.39 is 5.97 Å². The van der Waals surface area contributed by atoms with Gasteiger partial charge in [-0.2, -0.15) is 0 Å². The molecule has 1 heterocycles. The summed E-state index contributed by atoms with van der Waals surface area (Å²) in [4.78, 5) is 12.1. The number of thiophene rings is 1. The summed E-state index contributed by atoms with van der Waals surface area (Å²) in [5.74, 6) is -0.870. The number of aromatic carboxylic acids is 1. The van der Waals surface area contributed by atoms with Gasteiger partial charge in [0.15, 0.2) is 0 Å². The third-order valence-corrected chi connectivity index (χ3v) is 3.85. The summed E-state index contributed by atoms with van der Waals surface area (Å²) in [6.45, 7) is 4.17. The number of benzene rings is 1. The van der Waals surface area contributed by atoms with Crippen molar-refractivity contribution in [3.05, 3.63) is 56.8 Å². The fraction of sp³-hybridized carbons (Fsp3) is 0.133. The smallest absolute Gasteiger partial charge is 0.345 e. The fourth-order valence-electron chi connectivity index (χ4n) is 1.60. The second kappa shape index (κ2) is 5.19. The van der Waals surface area contributed by atoms with Crippen molar-refractivity contribution >= 4 is 29.5 Å². The van der Waals surface area contributed by atoms with E-state index in [1.165, 1.54) is 22.5 Å². The zero-order chi connectivity index (χ0) is 13.1. The first kappa shape index (κ1) is 12.6. The van der Waals surface area contributed by atoms with Crippen LogP contribution < -0.4 is 0 Å². The summed E-state index contributed by atoms with van der Waals surface area (Å²) < 4.78 is 0. The van der Waals surface area contributed by atoms with Gasteiger partial charge in [0.2, 0.25) is 0 Å². The number of aryl methyl sites for hydroxylation is 2. The first-order valence-corrected chi connectivity index (χ1v) is 6.46. The van der Waals surface area contributed by atoms with E-state index in [0.717, 1.165) is 10.4 Å². The Morgan fingerprint density at radius 2 is 1.89 bits per heavy atom. The number of rotatable bonds is 3. The maximum Gasteiger partial charge on any atom is 0.345 e. The van der Waals surface area contributed by atoms with Crippen LogP contribution in [0.4, 0.5) is 0 Å². The van der Waals surface area contributed by atoms with Crippen LogP contribution in [0.2, 0.25) is 0 Å². The molecule has 0 fully saturated rings. The molecule has 92 valence electrons. The average molecular weight is 258 g/mol. The Labute approximate surface area is 110 Å². The lowest BCUT2D eigenvalue weighted by atomic mass is 10.1. The van der Waals surface area contributed by atoms with Gasteiger partial charge in [-0.3, -0.25) is 0 Å². The van der Waals surface area contributed by atoms with Crippen LogP contribution in [0.5, 0.6) is 0 Å². The Balaban J connectivity index is 2.19. The maximum absolute atomic E-state index is 10.8. The van der Waals surface area contributed by atoms with E-state index in [0.29, 0.717) is 4.88 Å². The summed E-state index contributed by atoms with van der Waals surface area (Å²) in [5.41, 5.74) is 3.66. The van der Waals surface area contributed by atoms with Crippen LogP contribution in [-0.4, -0.2) is 11.1 Å². The zero-order valence-electron chi connectivity index (χ0n) is 10.3. The molecule has 2 rings (SSSR count). The normalized spacial score (nSPS) is 11.0. The molecule has 0 saturated carbocycles. The number of carboxylic acid groups (broad SMARTS) is 1. The summed E-state index contributed by atoms with van der Waals surface area (Å²) in [7, 11) is 0. The number of carboxylic acids is 1. The van der Waals surface area contributed by atoms with Gasteiger partial charge in [0.05, 0.1) is 0 Å². The van der Waals surface area contributed by atoms with Gasteiger partial charge in [0, 0.05) is 4.88 Å². The molecule has 0 aliphatic rings.